The van der Waals surface area contributed by atoms with Gasteiger partial charge < -0.3 is 9.64 Å². The number of hydrogen-bond acceptors (Lipinski definition) is 3. The number of hydrogen-bond donors (Lipinski definition) is 0. The molecule has 20 heavy (non-hydrogen) atoms. The van der Waals surface area contributed by atoms with Crippen molar-refractivity contribution in [1.82, 2.24) is 4.90 Å². The Morgan fingerprint density at radius 3 is 2.80 bits per heavy atom. The number of nitrogens with zero attached hydrogens (tertiary/aromatic N) is 2. The van der Waals surface area contributed by atoms with Gasteiger partial charge in [0.1, 0.15) is 0 Å². The average Bonchev–Trinajstić information content (AvgIpc) is 2.48. The Morgan fingerprint density at radius 1 is 1.20 bits per heavy atom. The number of morpholine rings is 1. The summed E-state index contributed by atoms with van der Waals surface area (Å²) in [5, 5.41) is 0. The van der Waals surface area contributed by atoms with Crippen LogP contribution in [0.4, 0.5) is 5.69 Å². The van der Waals surface area contributed by atoms with Crippen molar-refractivity contribution in [2.45, 2.75) is 25.7 Å². The van der Waals surface area contributed by atoms with Crippen LogP contribution in [0.2, 0.25) is 0 Å². The van der Waals surface area contributed by atoms with Crippen molar-refractivity contribution in [2.75, 3.05) is 50.8 Å². The first-order valence-corrected chi connectivity index (χ1v) is 7.72. The molecule has 0 atom stereocenters. The van der Waals surface area contributed by atoms with Gasteiger partial charge in [0.15, 0.2) is 0 Å². The molecule has 0 N–H and O–H groups in total. The summed E-state index contributed by atoms with van der Waals surface area (Å²) in [6.45, 7) is 12.0. The molecule has 2 aliphatic heterocycles. The minimum atomic E-state index is 0.292. The van der Waals surface area contributed by atoms with E-state index >= 15 is 0 Å². The number of benzene rings is 1. The van der Waals surface area contributed by atoms with Crippen molar-refractivity contribution in [3.63, 3.8) is 0 Å². The molecule has 1 aromatic rings. The lowest BCUT2D eigenvalue weighted by atomic mass is 9.78. The van der Waals surface area contributed by atoms with E-state index in [1.807, 2.05) is 6.07 Å². The summed E-state index contributed by atoms with van der Waals surface area (Å²) >= 11 is 0. The third-order valence-corrected chi connectivity index (χ3v) is 4.71. The molecule has 0 amide bonds. The van der Waals surface area contributed by atoms with Gasteiger partial charge in [0, 0.05) is 38.4 Å². The molecule has 1 saturated heterocycles. The van der Waals surface area contributed by atoms with E-state index in [2.05, 4.69) is 41.8 Å². The van der Waals surface area contributed by atoms with Gasteiger partial charge in [-0.1, -0.05) is 26.0 Å². The Balaban J connectivity index is 1.68. The minimum absolute atomic E-state index is 0.292. The zero-order chi connectivity index (χ0) is 14.0. The Kier molecular flexibility index (Phi) is 3.99. The first-order chi connectivity index (χ1) is 9.67. The number of anilines is 1. The maximum atomic E-state index is 5.41. The largest absolute Gasteiger partial charge is 0.379 e. The van der Waals surface area contributed by atoms with Crippen LogP contribution in [-0.2, 0) is 10.2 Å². The van der Waals surface area contributed by atoms with Crippen molar-refractivity contribution >= 4 is 5.69 Å². The van der Waals surface area contributed by atoms with Gasteiger partial charge in [0.2, 0.25) is 0 Å². The number of ether oxygens (including phenoxy) is 1. The summed E-state index contributed by atoms with van der Waals surface area (Å²) in [7, 11) is 0. The molecular formula is C17H25N2O. The maximum absolute atomic E-state index is 5.41. The van der Waals surface area contributed by atoms with Gasteiger partial charge in [0.25, 0.3) is 0 Å². The molecule has 2 heterocycles. The maximum Gasteiger partial charge on any atom is 0.0594 e. The summed E-state index contributed by atoms with van der Waals surface area (Å²) in [6.07, 6.45) is 1.23. The summed E-state index contributed by atoms with van der Waals surface area (Å²) in [6, 6.07) is 9.71. The van der Waals surface area contributed by atoms with Gasteiger partial charge in [-0.15, -0.1) is 0 Å². The lowest BCUT2D eigenvalue weighted by molar-refractivity contribution is 0.0391. The molecule has 3 rings (SSSR count). The highest BCUT2D eigenvalue weighted by molar-refractivity contribution is 5.58. The lowest BCUT2D eigenvalue weighted by Gasteiger charge is -2.41. The van der Waals surface area contributed by atoms with E-state index in [-0.39, 0.29) is 0 Å². The van der Waals surface area contributed by atoms with Crippen molar-refractivity contribution in [2.24, 2.45) is 0 Å². The third kappa shape index (κ3) is 2.84. The first-order valence-electron chi connectivity index (χ1n) is 7.72. The van der Waals surface area contributed by atoms with Crippen LogP contribution in [0.15, 0.2) is 18.2 Å². The topological polar surface area (TPSA) is 15.7 Å². The van der Waals surface area contributed by atoms with Gasteiger partial charge in [-0.3, -0.25) is 4.90 Å². The zero-order valence-corrected chi connectivity index (χ0v) is 12.7. The molecule has 0 spiro atoms. The van der Waals surface area contributed by atoms with E-state index in [1.165, 1.54) is 17.7 Å². The monoisotopic (exact) mass is 273 g/mol. The molecule has 0 aliphatic carbocycles. The second-order valence-corrected chi connectivity index (χ2v) is 6.52. The Bertz CT molecular complexity index is 452. The average molecular weight is 273 g/mol. The molecule has 3 nitrogen and oxygen atoms in total. The molecule has 0 aromatic heterocycles. The van der Waals surface area contributed by atoms with Gasteiger partial charge in [-0.2, -0.15) is 0 Å². The third-order valence-electron chi connectivity index (χ3n) is 4.71. The Labute approximate surface area is 122 Å². The second-order valence-electron chi connectivity index (χ2n) is 6.52. The Hall–Kier alpha value is -1.06. The van der Waals surface area contributed by atoms with E-state index in [0.29, 0.717) is 5.41 Å². The predicted molar refractivity (Wildman–Crippen MR) is 82.4 cm³/mol. The quantitative estimate of drug-likeness (QED) is 0.840. The van der Waals surface area contributed by atoms with Crippen molar-refractivity contribution in [3.8, 4) is 0 Å². The SMILES string of the molecule is CC1(C)CCN(CCN2CCOCC2)c2c[c]ccc21. The van der Waals surface area contributed by atoms with Crippen LogP contribution in [0.25, 0.3) is 0 Å². The molecule has 0 bridgehead atoms. The fourth-order valence-electron chi connectivity index (χ4n) is 3.24. The van der Waals surface area contributed by atoms with E-state index in [0.717, 1.165) is 45.9 Å². The Morgan fingerprint density at radius 2 is 2.00 bits per heavy atom. The van der Waals surface area contributed by atoms with E-state index in [9.17, 15) is 0 Å². The fraction of sp³-hybridized carbons (Fsp3) is 0.647. The molecular weight excluding hydrogens is 248 g/mol. The highest BCUT2D eigenvalue weighted by atomic mass is 16.5. The predicted octanol–water partition coefficient (Wildman–Crippen LogP) is 2.31. The number of rotatable bonds is 3. The standard InChI is InChI=1S/C17H25N2O/c1-17(2)7-8-19(16-6-4-3-5-15(16)17)10-9-18-11-13-20-14-12-18/h3,5-6H,7-14H2,1-2H3. The minimum Gasteiger partial charge on any atom is -0.379 e. The second kappa shape index (κ2) is 5.74. The van der Waals surface area contributed by atoms with Gasteiger partial charge in [-0.05, 0) is 29.5 Å². The van der Waals surface area contributed by atoms with Crippen LogP contribution in [0.5, 0.6) is 0 Å². The fourth-order valence-corrected chi connectivity index (χ4v) is 3.24. The zero-order valence-electron chi connectivity index (χ0n) is 12.7. The smallest absolute Gasteiger partial charge is 0.0594 e. The van der Waals surface area contributed by atoms with Gasteiger partial charge >= 0.3 is 0 Å². The van der Waals surface area contributed by atoms with Crippen LogP contribution in [0.3, 0.4) is 0 Å². The molecule has 1 radical (unpaired) electrons. The van der Waals surface area contributed by atoms with Crippen molar-refractivity contribution in [1.29, 1.82) is 0 Å². The normalized spacial score (nSPS) is 22.6. The molecule has 0 unspecified atom stereocenters. The molecule has 1 fully saturated rings. The van der Waals surface area contributed by atoms with E-state index in [1.54, 1.807) is 0 Å². The van der Waals surface area contributed by atoms with E-state index < -0.39 is 0 Å². The summed E-state index contributed by atoms with van der Waals surface area (Å²) in [4.78, 5) is 5.04. The number of fused-ring (bicyclic) bond motifs is 1. The first kappa shape index (κ1) is 13.9. The summed E-state index contributed by atoms with van der Waals surface area (Å²) in [5.74, 6) is 0. The highest BCUT2D eigenvalue weighted by Crippen LogP contribution is 2.38. The van der Waals surface area contributed by atoms with Crippen LogP contribution in [-0.4, -0.2) is 50.8 Å². The highest BCUT2D eigenvalue weighted by Gasteiger charge is 2.30. The van der Waals surface area contributed by atoms with Gasteiger partial charge in [0.05, 0.1) is 13.2 Å². The van der Waals surface area contributed by atoms with Crippen molar-refractivity contribution < 1.29 is 4.74 Å². The molecule has 1 aromatic carbocycles. The van der Waals surface area contributed by atoms with Crippen molar-refractivity contribution in [3.05, 3.63) is 29.8 Å². The molecule has 109 valence electrons. The lowest BCUT2D eigenvalue weighted by Crippen LogP contribution is -2.44. The molecule has 2 aliphatic rings. The van der Waals surface area contributed by atoms with Gasteiger partial charge in [-0.25, -0.2) is 0 Å². The van der Waals surface area contributed by atoms with Crippen LogP contribution < -0.4 is 4.90 Å². The van der Waals surface area contributed by atoms with E-state index in [4.69, 9.17) is 4.74 Å². The summed E-state index contributed by atoms with van der Waals surface area (Å²) < 4.78 is 5.41. The van der Waals surface area contributed by atoms with Crippen LogP contribution >= 0.6 is 0 Å². The molecule has 3 heteroatoms. The summed E-state index contributed by atoms with van der Waals surface area (Å²) in [5.41, 5.74) is 3.15. The van der Waals surface area contributed by atoms with Crippen LogP contribution in [0.1, 0.15) is 25.8 Å². The van der Waals surface area contributed by atoms with Crippen LogP contribution in [0, 0.1) is 6.07 Å². The molecule has 0 saturated carbocycles.